The van der Waals surface area contributed by atoms with Crippen molar-refractivity contribution in [2.45, 2.75) is 13.0 Å². The van der Waals surface area contributed by atoms with E-state index in [1.165, 1.54) is 24.3 Å². The van der Waals surface area contributed by atoms with Crippen molar-refractivity contribution < 1.29 is 24.2 Å². The average molecular weight is 327 g/mol. The van der Waals surface area contributed by atoms with Gasteiger partial charge in [0.2, 0.25) is 0 Å². The summed E-state index contributed by atoms with van der Waals surface area (Å²) in [4.78, 5) is 22.9. The third-order valence-corrected chi connectivity index (χ3v) is 3.66. The van der Waals surface area contributed by atoms with E-state index in [1.807, 2.05) is 18.2 Å². The van der Waals surface area contributed by atoms with Gasteiger partial charge >= 0.3 is 5.97 Å². The van der Waals surface area contributed by atoms with Gasteiger partial charge in [-0.15, -0.1) is 0 Å². The van der Waals surface area contributed by atoms with Crippen molar-refractivity contribution in [1.82, 2.24) is 5.32 Å². The third kappa shape index (κ3) is 3.65. The van der Waals surface area contributed by atoms with E-state index in [-0.39, 0.29) is 11.5 Å². The Bertz CT molecular complexity index is 755. The van der Waals surface area contributed by atoms with Crippen molar-refractivity contribution in [2.75, 3.05) is 13.2 Å². The Balaban J connectivity index is 1.63. The van der Waals surface area contributed by atoms with Crippen LogP contribution in [0.3, 0.4) is 0 Å². The molecule has 0 saturated heterocycles. The number of nitrogens with one attached hydrogen (secondary N) is 1. The SMILES string of the molecule is O=C(O)c1ccc(C(=O)NCc2ccc3c(c2)OCCCO3)cc1. The summed E-state index contributed by atoms with van der Waals surface area (Å²) >= 11 is 0. The molecule has 0 bridgehead atoms. The largest absolute Gasteiger partial charge is 0.490 e. The van der Waals surface area contributed by atoms with Gasteiger partial charge in [-0.3, -0.25) is 4.79 Å². The summed E-state index contributed by atoms with van der Waals surface area (Å²) in [7, 11) is 0. The number of carbonyl (C=O) groups is 2. The summed E-state index contributed by atoms with van der Waals surface area (Å²) in [5.74, 6) is 0.116. The van der Waals surface area contributed by atoms with Crippen LogP contribution in [0.25, 0.3) is 0 Å². The van der Waals surface area contributed by atoms with Gasteiger partial charge in [0.05, 0.1) is 18.8 Å². The molecule has 1 heterocycles. The maximum absolute atomic E-state index is 12.1. The van der Waals surface area contributed by atoms with Gasteiger partial charge in [0.25, 0.3) is 5.91 Å². The van der Waals surface area contributed by atoms with Crippen LogP contribution in [0.4, 0.5) is 0 Å². The Labute approximate surface area is 139 Å². The van der Waals surface area contributed by atoms with Crippen LogP contribution < -0.4 is 14.8 Å². The van der Waals surface area contributed by atoms with Crippen LogP contribution in [-0.2, 0) is 6.54 Å². The molecule has 2 N–H and O–H groups in total. The number of fused-ring (bicyclic) bond motifs is 1. The smallest absolute Gasteiger partial charge is 0.335 e. The normalized spacial score (nSPS) is 13.0. The second-order valence-electron chi connectivity index (χ2n) is 5.40. The zero-order chi connectivity index (χ0) is 16.9. The lowest BCUT2D eigenvalue weighted by molar-refractivity contribution is 0.0696. The summed E-state index contributed by atoms with van der Waals surface area (Å²) in [5, 5.41) is 11.7. The van der Waals surface area contributed by atoms with Gasteiger partial charge in [-0.1, -0.05) is 6.07 Å². The van der Waals surface area contributed by atoms with Gasteiger partial charge in [-0.25, -0.2) is 4.79 Å². The van der Waals surface area contributed by atoms with Crippen molar-refractivity contribution in [2.24, 2.45) is 0 Å². The number of aromatic carboxylic acids is 1. The summed E-state index contributed by atoms with van der Waals surface area (Å²) in [6, 6.07) is 11.4. The lowest BCUT2D eigenvalue weighted by atomic mass is 10.1. The highest BCUT2D eigenvalue weighted by molar-refractivity contribution is 5.95. The minimum Gasteiger partial charge on any atom is -0.490 e. The quantitative estimate of drug-likeness (QED) is 0.901. The minimum atomic E-state index is -1.02. The van der Waals surface area contributed by atoms with E-state index in [9.17, 15) is 9.59 Å². The van der Waals surface area contributed by atoms with Crippen molar-refractivity contribution in [3.05, 3.63) is 59.2 Å². The van der Waals surface area contributed by atoms with E-state index in [4.69, 9.17) is 14.6 Å². The number of ether oxygens (including phenoxy) is 2. The van der Waals surface area contributed by atoms with E-state index in [0.717, 1.165) is 12.0 Å². The molecule has 0 saturated carbocycles. The zero-order valence-electron chi connectivity index (χ0n) is 13.0. The predicted octanol–water partition coefficient (Wildman–Crippen LogP) is 2.48. The molecule has 2 aromatic carbocycles. The fourth-order valence-corrected chi connectivity index (χ4v) is 2.37. The molecule has 6 nitrogen and oxygen atoms in total. The van der Waals surface area contributed by atoms with Crippen molar-refractivity contribution in [3.63, 3.8) is 0 Å². The number of hydrogen-bond donors (Lipinski definition) is 2. The van der Waals surface area contributed by atoms with Crippen LogP contribution >= 0.6 is 0 Å². The van der Waals surface area contributed by atoms with Crippen LogP contribution in [0.2, 0.25) is 0 Å². The summed E-state index contributed by atoms with van der Waals surface area (Å²) in [5.41, 5.74) is 1.46. The Kier molecular flexibility index (Phi) is 4.65. The molecule has 0 unspecified atom stereocenters. The minimum absolute atomic E-state index is 0.148. The fraction of sp³-hybridized carbons (Fsp3) is 0.222. The monoisotopic (exact) mass is 327 g/mol. The van der Waals surface area contributed by atoms with Gasteiger partial charge in [-0.05, 0) is 42.0 Å². The average Bonchev–Trinajstić information content (AvgIpc) is 2.84. The van der Waals surface area contributed by atoms with Crippen LogP contribution in [-0.4, -0.2) is 30.2 Å². The second-order valence-corrected chi connectivity index (χ2v) is 5.40. The third-order valence-electron chi connectivity index (χ3n) is 3.66. The topological polar surface area (TPSA) is 84.9 Å². The first-order valence-corrected chi connectivity index (χ1v) is 7.63. The van der Waals surface area contributed by atoms with Gasteiger partial charge < -0.3 is 19.9 Å². The predicted molar refractivity (Wildman–Crippen MR) is 86.6 cm³/mol. The van der Waals surface area contributed by atoms with E-state index >= 15 is 0 Å². The number of carboxylic acid groups (broad SMARTS) is 1. The summed E-state index contributed by atoms with van der Waals surface area (Å²) in [6.45, 7) is 1.59. The molecule has 0 radical (unpaired) electrons. The lowest BCUT2D eigenvalue weighted by Crippen LogP contribution is -2.22. The molecule has 1 amide bonds. The van der Waals surface area contributed by atoms with Gasteiger partial charge in [0, 0.05) is 18.5 Å². The molecule has 1 aliphatic heterocycles. The van der Waals surface area contributed by atoms with E-state index in [2.05, 4.69) is 5.32 Å². The van der Waals surface area contributed by atoms with Crippen LogP contribution in [0.15, 0.2) is 42.5 Å². The number of hydrogen-bond acceptors (Lipinski definition) is 4. The molecule has 1 aliphatic rings. The highest BCUT2D eigenvalue weighted by Crippen LogP contribution is 2.30. The molecule has 0 aromatic heterocycles. The van der Waals surface area contributed by atoms with Crippen molar-refractivity contribution >= 4 is 11.9 Å². The molecular weight excluding hydrogens is 310 g/mol. The zero-order valence-corrected chi connectivity index (χ0v) is 13.0. The van der Waals surface area contributed by atoms with E-state index in [1.54, 1.807) is 0 Å². The molecular formula is C18H17NO5. The van der Waals surface area contributed by atoms with Crippen LogP contribution in [0.5, 0.6) is 11.5 Å². The number of carboxylic acids is 1. The lowest BCUT2D eigenvalue weighted by Gasteiger charge is -2.10. The molecule has 0 aliphatic carbocycles. The first kappa shape index (κ1) is 15.9. The Morgan fingerprint density at radius 1 is 0.958 bits per heavy atom. The molecule has 6 heteroatoms. The maximum atomic E-state index is 12.1. The second kappa shape index (κ2) is 7.04. The van der Waals surface area contributed by atoms with E-state index < -0.39 is 5.97 Å². The molecule has 124 valence electrons. The fourth-order valence-electron chi connectivity index (χ4n) is 2.37. The van der Waals surface area contributed by atoms with Gasteiger partial charge in [0.1, 0.15) is 0 Å². The highest BCUT2D eigenvalue weighted by atomic mass is 16.5. The van der Waals surface area contributed by atoms with Crippen molar-refractivity contribution in [3.8, 4) is 11.5 Å². The standard InChI is InChI=1S/C18H17NO5/c20-17(13-3-5-14(6-4-13)18(21)22)19-11-12-2-7-15-16(10-12)24-9-1-8-23-15/h2-7,10H,1,8-9,11H2,(H,19,20)(H,21,22). The summed E-state index contributed by atoms with van der Waals surface area (Å²) < 4.78 is 11.2. The summed E-state index contributed by atoms with van der Waals surface area (Å²) in [6.07, 6.45) is 0.840. The highest BCUT2D eigenvalue weighted by Gasteiger charge is 2.12. The Hall–Kier alpha value is -3.02. The maximum Gasteiger partial charge on any atom is 0.335 e. The van der Waals surface area contributed by atoms with E-state index in [0.29, 0.717) is 36.8 Å². The first-order chi connectivity index (χ1) is 11.6. The number of rotatable bonds is 4. The number of amides is 1. The number of carbonyl (C=O) groups excluding carboxylic acids is 1. The number of benzene rings is 2. The first-order valence-electron chi connectivity index (χ1n) is 7.63. The molecule has 0 fully saturated rings. The molecule has 0 spiro atoms. The molecule has 0 atom stereocenters. The van der Waals surface area contributed by atoms with Crippen LogP contribution in [0.1, 0.15) is 32.7 Å². The molecule has 3 rings (SSSR count). The van der Waals surface area contributed by atoms with Gasteiger partial charge in [-0.2, -0.15) is 0 Å². The Morgan fingerprint density at radius 2 is 1.62 bits per heavy atom. The van der Waals surface area contributed by atoms with Crippen molar-refractivity contribution in [1.29, 1.82) is 0 Å². The Morgan fingerprint density at radius 3 is 2.33 bits per heavy atom. The molecule has 24 heavy (non-hydrogen) atoms. The van der Waals surface area contributed by atoms with Gasteiger partial charge in [0.15, 0.2) is 11.5 Å². The van der Waals surface area contributed by atoms with Crippen LogP contribution in [0, 0.1) is 0 Å². The molecule has 2 aromatic rings.